The topological polar surface area (TPSA) is 177 Å². The molecule has 82 valence electrons. The van der Waals surface area contributed by atoms with Gasteiger partial charge in [-0.05, 0) is 0 Å². The summed E-state index contributed by atoms with van der Waals surface area (Å²) in [7, 11) is 0. The number of hydrogen-bond donors (Lipinski definition) is 2. The minimum absolute atomic E-state index is 0. The van der Waals surface area contributed by atoms with Crippen molar-refractivity contribution in [2.75, 3.05) is 0 Å². The highest BCUT2D eigenvalue weighted by atomic mass is 16.4. The molecule has 0 aliphatic rings. The number of rotatable bonds is 5. The molecule has 5 N–H and O–H groups in total. The van der Waals surface area contributed by atoms with E-state index >= 15 is 0 Å². The van der Waals surface area contributed by atoms with Crippen molar-refractivity contribution in [2.45, 2.75) is 18.4 Å². The van der Waals surface area contributed by atoms with Gasteiger partial charge in [-0.15, -0.1) is 0 Å². The van der Waals surface area contributed by atoms with Crippen LogP contribution in [0.1, 0.15) is 12.8 Å². The molecule has 8 nitrogen and oxygen atoms in total. The van der Waals surface area contributed by atoms with E-state index in [4.69, 9.17) is 5.11 Å². The van der Waals surface area contributed by atoms with E-state index < -0.39 is 36.4 Å². The molecular formula is C6H9NO7-2. The molecule has 0 atom stereocenters. The lowest BCUT2D eigenvalue weighted by atomic mass is 9.96. The molecular weight excluding hydrogens is 198 g/mol. The fraction of sp³-hybridized carbons (Fsp3) is 0.500. The maximum absolute atomic E-state index is 10.1. The Morgan fingerprint density at radius 2 is 1.29 bits per heavy atom. The summed E-state index contributed by atoms with van der Waals surface area (Å²) in [5.41, 5.74) is -2.97. The molecule has 0 saturated heterocycles. The number of hydrogen-bond acceptors (Lipinski definition) is 7. The van der Waals surface area contributed by atoms with Crippen molar-refractivity contribution in [3.05, 3.63) is 0 Å². The summed E-state index contributed by atoms with van der Waals surface area (Å²) in [4.78, 5) is 30.0. The van der Waals surface area contributed by atoms with E-state index in [1.54, 1.807) is 0 Å². The van der Waals surface area contributed by atoms with Gasteiger partial charge in [0, 0.05) is 24.8 Å². The molecule has 0 saturated carbocycles. The van der Waals surface area contributed by atoms with Crippen LogP contribution in [0.15, 0.2) is 0 Å². The minimum atomic E-state index is -2.97. The number of aliphatic hydroxyl groups is 1. The Labute approximate surface area is 78.4 Å². The van der Waals surface area contributed by atoms with Crippen LogP contribution in [-0.4, -0.2) is 28.6 Å². The molecule has 0 heterocycles. The molecule has 0 bridgehead atoms. The Bertz CT molecular complexity index is 233. The van der Waals surface area contributed by atoms with E-state index in [-0.39, 0.29) is 6.15 Å². The molecule has 0 spiro atoms. The smallest absolute Gasteiger partial charge is 0.114 e. The Morgan fingerprint density at radius 3 is 1.43 bits per heavy atom. The standard InChI is InChI=1S/C6H8O7.H3N/c7-3(8)1-6(13,5(11)12)2-4(9)10;/h13H,1-2H2,(H,7,8)(H,9,10)(H,11,12);1H3/p-2. The summed E-state index contributed by atoms with van der Waals surface area (Å²) >= 11 is 0. The third-order valence-corrected chi connectivity index (χ3v) is 1.25. The summed E-state index contributed by atoms with van der Waals surface area (Å²) in [6.45, 7) is 0. The van der Waals surface area contributed by atoms with Gasteiger partial charge in [0.25, 0.3) is 0 Å². The van der Waals surface area contributed by atoms with E-state index in [9.17, 15) is 29.7 Å². The van der Waals surface area contributed by atoms with E-state index in [0.29, 0.717) is 0 Å². The second-order valence-corrected chi connectivity index (χ2v) is 2.42. The molecule has 0 fully saturated rings. The largest absolute Gasteiger partial charge is 0.550 e. The van der Waals surface area contributed by atoms with Crippen molar-refractivity contribution in [3.63, 3.8) is 0 Å². The normalized spacial score (nSPS) is 10.1. The quantitative estimate of drug-likeness (QED) is 0.453. The Kier molecular flexibility index (Phi) is 5.45. The van der Waals surface area contributed by atoms with Gasteiger partial charge in [-0.1, -0.05) is 0 Å². The zero-order valence-electron chi connectivity index (χ0n) is 7.31. The van der Waals surface area contributed by atoms with Crippen LogP contribution in [0.3, 0.4) is 0 Å². The molecule has 0 amide bonds. The van der Waals surface area contributed by atoms with Gasteiger partial charge in [-0.25, -0.2) is 0 Å². The molecule has 0 unspecified atom stereocenters. The van der Waals surface area contributed by atoms with Crippen LogP contribution in [0, 0.1) is 0 Å². The van der Waals surface area contributed by atoms with Gasteiger partial charge in [0.1, 0.15) is 5.60 Å². The molecule has 0 aliphatic heterocycles. The van der Waals surface area contributed by atoms with E-state index in [0.717, 1.165) is 0 Å². The van der Waals surface area contributed by atoms with Gasteiger partial charge in [-0.3, -0.25) is 0 Å². The van der Waals surface area contributed by atoms with Crippen molar-refractivity contribution in [2.24, 2.45) is 0 Å². The van der Waals surface area contributed by atoms with Crippen LogP contribution in [0.5, 0.6) is 0 Å². The first-order valence-electron chi connectivity index (χ1n) is 3.11. The Hall–Kier alpha value is -1.67. The van der Waals surface area contributed by atoms with Crippen LogP contribution in [-0.2, 0) is 14.4 Å². The third-order valence-electron chi connectivity index (χ3n) is 1.25. The average molecular weight is 207 g/mol. The van der Waals surface area contributed by atoms with Crippen molar-refractivity contribution in [1.82, 2.24) is 6.15 Å². The van der Waals surface area contributed by atoms with Gasteiger partial charge in [0.15, 0.2) is 0 Å². The maximum Gasteiger partial charge on any atom is 0.114 e. The predicted octanol–water partition coefficient (Wildman–Crippen LogP) is -4.88. The number of carboxylic acids is 3. The van der Waals surface area contributed by atoms with Gasteiger partial charge >= 0.3 is 0 Å². The van der Waals surface area contributed by atoms with Crippen LogP contribution >= 0.6 is 0 Å². The lowest BCUT2D eigenvalue weighted by Crippen LogP contribution is -2.54. The monoisotopic (exact) mass is 207 g/mol. The van der Waals surface area contributed by atoms with Gasteiger partial charge in [-0.2, -0.15) is 0 Å². The molecule has 0 aliphatic carbocycles. The molecule has 8 heteroatoms. The molecule has 0 aromatic rings. The second-order valence-electron chi connectivity index (χ2n) is 2.42. The maximum atomic E-state index is 10.1. The highest BCUT2D eigenvalue weighted by Gasteiger charge is 2.29. The number of carboxylic acid groups (broad SMARTS) is 3. The van der Waals surface area contributed by atoms with E-state index in [2.05, 4.69) is 0 Å². The van der Waals surface area contributed by atoms with Crippen molar-refractivity contribution in [1.29, 1.82) is 0 Å². The highest BCUT2D eigenvalue weighted by molar-refractivity contribution is 5.86. The highest BCUT2D eigenvalue weighted by Crippen LogP contribution is 2.13. The summed E-state index contributed by atoms with van der Waals surface area (Å²) in [6.07, 6.45) is -2.72. The summed E-state index contributed by atoms with van der Waals surface area (Å²) in [5, 5.41) is 38.9. The van der Waals surface area contributed by atoms with Crippen molar-refractivity contribution >= 4 is 17.9 Å². The summed E-state index contributed by atoms with van der Waals surface area (Å²) in [5.74, 6) is -5.98. The minimum Gasteiger partial charge on any atom is -0.550 e. The lowest BCUT2D eigenvalue weighted by Gasteiger charge is -2.29. The number of carbonyl (C=O) groups excluding carboxylic acids is 3. The van der Waals surface area contributed by atoms with E-state index in [1.165, 1.54) is 0 Å². The Morgan fingerprint density at radius 1 is 1.00 bits per heavy atom. The van der Waals surface area contributed by atoms with E-state index in [1.807, 2.05) is 0 Å². The molecule has 0 rings (SSSR count). The second kappa shape index (κ2) is 5.14. The van der Waals surface area contributed by atoms with Crippen molar-refractivity contribution < 1.29 is 34.8 Å². The van der Waals surface area contributed by atoms with Crippen LogP contribution < -0.4 is 21.5 Å². The van der Waals surface area contributed by atoms with Gasteiger partial charge in [0.2, 0.25) is 0 Å². The average Bonchev–Trinajstić information content (AvgIpc) is 1.82. The Balaban J connectivity index is 0. The van der Waals surface area contributed by atoms with Gasteiger partial charge in [0.05, 0.1) is 5.97 Å². The number of carbonyl (C=O) groups is 3. The molecule has 14 heavy (non-hydrogen) atoms. The third kappa shape index (κ3) is 4.38. The lowest BCUT2D eigenvalue weighted by molar-refractivity contribution is -0.339. The fourth-order valence-corrected chi connectivity index (χ4v) is 0.684. The fourth-order valence-electron chi connectivity index (χ4n) is 0.684. The van der Waals surface area contributed by atoms with Crippen LogP contribution in [0.2, 0.25) is 0 Å². The van der Waals surface area contributed by atoms with Gasteiger partial charge < -0.3 is 41.0 Å². The zero-order chi connectivity index (χ0) is 10.6. The number of aliphatic carboxylic acids is 3. The zero-order valence-corrected chi connectivity index (χ0v) is 7.31. The molecule has 0 aromatic carbocycles. The number of quaternary nitrogens is 1. The summed E-state index contributed by atoms with van der Waals surface area (Å²) < 4.78 is 0. The van der Waals surface area contributed by atoms with Crippen LogP contribution in [0.25, 0.3) is 0 Å². The molecule has 0 radical (unpaired) electrons. The first-order valence-corrected chi connectivity index (χ1v) is 3.11. The van der Waals surface area contributed by atoms with Crippen molar-refractivity contribution in [3.8, 4) is 0 Å². The molecule has 0 aromatic heterocycles. The predicted molar refractivity (Wildman–Crippen MR) is 35.2 cm³/mol. The SMILES string of the molecule is O=C([O-])CC(O)(CC(=O)[O-])C(=O)[O-].[NH4+]. The summed E-state index contributed by atoms with van der Waals surface area (Å²) in [6, 6.07) is 0. The van der Waals surface area contributed by atoms with Crippen LogP contribution in [0.4, 0.5) is 0 Å². The first-order chi connectivity index (χ1) is 5.78. The first kappa shape index (κ1) is 14.8.